The first kappa shape index (κ1) is 23.2. The lowest BCUT2D eigenvalue weighted by molar-refractivity contribution is -1.59. The summed E-state index contributed by atoms with van der Waals surface area (Å²) in [6, 6.07) is -0.125. The molecule has 0 amide bonds. The summed E-state index contributed by atoms with van der Waals surface area (Å²) in [6.07, 6.45) is 9.52. The fourth-order valence-electron chi connectivity index (χ4n) is 1.77. The molecule has 2 atom stereocenters. The molecular weight excluding hydrogens is 320 g/mol. The molecule has 0 saturated heterocycles. The highest BCUT2D eigenvalue weighted by Gasteiger charge is 2.54. The van der Waals surface area contributed by atoms with E-state index in [0.29, 0.717) is 0 Å². The van der Waals surface area contributed by atoms with E-state index in [1.165, 1.54) is 24.8 Å². The van der Waals surface area contributed by atoms with E-state index in [1.54, 1.807) is 40.5 Å². The van der Waals surface area contributed by atoms with E-state index in [1.807, 2.05) is 6.92 Å². The zero-order chi connectivity index (χ0) is 19.9. The van der Waals surface area contributed by atoms with Gasteiger partial charge < -0.3 is 0 Å². The van der Waals surface area contributed by atoms with E-state index < -0.39 is 4.97 Å². The van der Waals surface area contributed by atoms with Crippen molar-refractivity contribution in [2.24, 2.45) is 0 Å². The quantitative estimate of drug-likeness (QED) is 0.287. The molecule has 0 aromatic heterocycles. The van der Waals surface area contributed by atoms with Crippen LogP contribution in [0.4, 0.5) is 0 Å². The van der Waals surface area contributed by atoms with Crippen LogP contribution in [0.1, 0.15) is 6.92 Å². The Morgan fingerprint density at radius 3 is 1.24 bits per heavy atom. The predicted molar refractivity (Wildman–Crippen MR) is 98.6 cm³/mol. The van der Waals surface area contributed by atoms with Gasteiger partial charge in [0, 0.05) is 0 Å². The van der Waals surface area contributed by atoms with Gasteiger partial charge in [0.2, 0.25) is 0 Å². The third kappa shape index (κ3) is 5.87. The second-order valence-electron chi connectivity index (χ2n) is 6.08. The highest BCUT2D eigenvalue weighted by atomic mass is 17.3. The fourth-order valence-corrected chi connectivity index (χ4v) is 1.77. The first-order chi connectivity index (χ1) is 11.4. The van der Waals surface area contributed by atoms with Crippen molar-refractivity contribution >= 4 is 0 Å². The van der Waals surface area contributed by atoms with Crippen molar-refractivity contribution in [3.63, 3.8) is 0 Å². The van der Waals surface area contributed by atoms with Crippen LogP contribution in [-0.2, 0) is 14.8 Å². The summed E-state index contributed by atoms with van der Waals surface area (Å²) in [5, 5.41) is 0. The summed E-state index contributed by atoms with van der Waals surface area (Å²) < 4.78 is -0.447. The largest absolute Gasteiger partial charge is 0.251 e. The molecule has 7 nitrogen and oxygen atoms in total. The second-order valence-corrected chi connectivity index (χ2v) is 6.08. The highest BCUT2D eigenvalue weighted by Crippen LogP contribution is 2.27. The fraction of sp³-hybridized carbons (Fsp3) is 0.333. The molecule has 0 heterocycles. The highest BCUT2D eigenvalue weighted by molar-refractivity contribution is 4.76. The molecule has 140 valence electrons. The first-order valence-electron chi connectivity index (χ1n) is 7.79. The summed E-state index contributed by atoms with van der Waals surface area (Å²) in [5.41, 5.74) is 0. The van der Waals surface area contributed by atoms with Crippen molar-refractivity contribution in [1.82, 2.24) is 0 Å². The number of hydrogen-bond acceptors (Lipinski definition) is 3. The van der Waals surface area contributed by atoms with E-state index >= 15 is 0 Å². The van der Waals surface area contributed by atoms with Crippen LogP contribution in [-0.4, -0.2) is 53.1 Å². The molecule has 0 bridgehead atoms. The standard InChI is InChI=1S/C18H34N4O3/c1-12-18(7)21(10,17-6)25-22(11,23-19(8,13-2)14-3)24-20(9,15-4)16-5/h12-18H,1-6H2,7-11H3/q+4/t18-,21?/m0/s1. The molecule has 0 aromatic carbocycles. The Kier molecular flexibility index (Phi) is 7.88. The van der Waals surface area contributed by atoms with Crippen LogP contribution in [0.15, 0.2) is 76.5 Å². The van der Waals surface area contributed by atoms with Gasteiger partial charge in [-0.05, 0) is 45.9 Å². The molecule has 0 spiro atoms. The normalized spacial score (nSPS) is 16.2. The maximum Gasteiger partial charge on any atom is 0.251 e. The van der Waals surface area contributed by atoms with Crippen LogP contribution in [0.2, 0.25) is 0 Å². The molecule has 0 aliphatic carbocycles. The van der Waals surface area contributed by atoms with E-state index in [4.69, 9.17) is 14.8 Å². The predicted octanol–water partition coefficient (Wildman–Crippen LogP) is 3.60. The van der Waals surface area contributed by atoms with Gasteiger partial charge in [-0.25, -0.2) is 0 Å². The smallest absolute Gasteiger partial charge is 0.0971 e. The van der Waals surface area contributed by atoms with Gasteiger partial charge in [-0.1, -0.05) is 20.5 Å². The maximum atomic E-state index is 6.15. The van der Waals surface area contributed by atoms with E-state index in [0.717, 1.165) is 0 Å². The Bertz CT molecular complexity index is 502. The molecule has 0 aliphatic heterocycles. The number of nitrogens with zero attached hydrogens (tertiary/aromatic N) is 4. The minimum Gasteiger partial charge on any atom is -0.0971 e. The monoisotopic (exact) mass is 354 g/mol. The van der Waals surface area contributed by atoms with E-state index in [2.05, 4.69) is 39.5 Å². The lowest BCUT2D eigenvalue weighted by Crippen LogP contribution is -2.63. The first-order valence-corrected chi connectivity index (χ1v) is 7.79. The van der Waals surface area contributed by atoms with Crippen LogP contribution in [0.25, 0.3) is 0 Å². The molecule has 0 aliphatic rings. The maximum absolute atomic E-state index is 6.15. The summed E-state index contributed by atoms with van der Waals surface area (Å²) in [4.78, 5) is 17.4. The van der Waals surface area contributed by atoms with Crippen LogP contribution in [0, 0.1) is 0 Å². The Morgan fingerprint density at radius 2 is 1.00 bits per heavy atom. The van der Waals surface area contributed by atoms with Crippen molar-refractivity contribution in [3.8, 4) is 0 Å². The molecule has 0 saturated carbocycles. The van der Waals surface area contributed by atoms with Gasteiger partial charge in [0.05, 0.1) is 14.8 Å². The van der Waals surface area contributed by atoms with Crippen LogP contribution in [0.3, 0.4) is 0 Å². The van der Waals surface area contributed by atoms with Gasteiger partial charge in [0.1, 0.15) is 58.2 Å². The minimum atomic E-state index is -0.746. The molecule has 25 heavy (non-hydrogen) atoms. The van der Waals surface area contributed by atoms with Crippen LogP contribution >= 0.6 is 0 Å². The molecule has 0 N–H and O–H groups in total. The Labute approximate surface area is 152 Å². The van der Waals surface area contributed by atoms with Gasteiger partial charge in [-0.15, -0.1) is 0 Å². The second kappa shape index (κ2) is 8.50. The van der Waals surface area contributed by atoms with Gasteiger partial charge in [0.25, 0.3) is 4.97 Å². The zero-order valence-corrected chi connectivity index (χ0v) is 16.3. The topological polar surface area (TPSA) is 27.7 Å². The van der Waals surface area contributed by atoms with Gasteiger partial charge in [-0.2, -0.15) is 0 Å². The average molecular weight is 354 g/mol. The number of likely N-dealkylation sites (N-methyl/N-ethyl adjacent to an activating group) is 1. The van der Waals surface area contributed by atoms with Crippen molar-refractivity contribution in [2.45, 2.75) is 13.0 Å². The Morgan fingerprint density at radius 1 is 0.640 bits per heavy atom. The van der Waals surface area contributed by atoms with Crippen molar-refractivity contribution in [3.05, 3.63) is 76.5 Å². The van der Waals surface area contributed by atoms with E-state index in [-0.39, 0.29) is 20.0 Å². The number of quaternary nitrogens is 4. The lowest BCUT2D eigenvalue weighted by atomic mass is 10.3. The number of hydrogen-bond donors (Lipinski definition) is 0. The molecule has 0 aromatic rings. The summed E-state index contributed by atoms with van der Waals surface area (Å²) >= 11 is 0. The van der Waals surface area contributed by atoms with Crippen LogP contribution < -0.4 is 0 Å². The summed E-state index contributed by atoms with van der Waals surface area (Å²) in [7, 11) is 6.85. The number of hydroxylamine groups is 12. The third-order valence-electron chi connectivity index (χ3n) is 3.94. The Hall–Kier alpha value is -1.84. The number of rotatable bonds is 13. The minimum absolute atomic E-state index is 0.0669. The van der Waals surface area contributed by atoms with Gasteiger partial charge >= 0.3 is 0 Å². The van der Waals surface area contributed by atoms with E-state index in [9.17, 15) is 0 Å². The van der Waals surface area contributed by atoms with Crippen molar-refractivity contribution in [2.75, 3.05) is 28.2 Å². The summed E-state index contributed by atoms with van der Waals surface area (Å²) in [5.74, 6) is 0. The van der Waals surface area contributed by atoms with Gasteiger partial charge in [-0.3, -0.25) is 0 Å². The zero-order valence-electron chi connectivity index (χ0n) is 16.3. The van der Waals surface area contributed by atoms with Crippen LogP contribution in [0.5, 0.6) is 0 Å². The van der Waals surface area contributed by atoms with Crippen molar-refractivity contribution < 1.29 is 33.7 Å². The molecule has 0 fully saturated rings. The van der Waals surface area contributed by atoms with Crippen molar-refractivity contribution in [1.29, 1.82) is 0 Å². The molecular formula is C18H34N4O3+4. The molecule has 1 unspecified atom stereocenters. The van der Waals surface area contributed by atoms with Gasteiger partial charge in [0.15, 0.2) is 7.05 Å². The SMILES string of the molecule is C=C[C@H](C)[N+](C)(C=C)O[N+](C)(O[N+](C)(C=C)C=C)O[N+](C)(C=C)C=C. The molecule has 0 radical (unpaired) electrons. The molecule has 0 rings (SSSR count). The summed E-state index contributed by atoms with van der Waals surface area (Å²) in [6.45, 7) is 24.6. The average Bonchev–Trinajstić information content (AvgIpc) is 2.59. The molecule has 7 heteroatoms. The Balaban J connectivity index is 6.05. The lowest BCUT2D eigenvalue weighted by Gasteiger charge is -2.36. The third-order valence-corrected chi connectivity index (χ3v) is 3.94.